The fraction of sp³-hybridized carbons (Fsp3) is 0.944. The van der Waals surface area contributed by atoms with Gasteiger partial charge in [-0.1, -0.05) is 46.0 Å². The number of quaternary nitrogens is 1. The average Bonchev–Trinajstić information content (AvgIpc) is 2.51. The zero-order valence-corrected chi connectivity index (χ0v) is 13.9. The molecule has 1 aliphatic rings. The third-order valence-electron chi connectivity index (χ3n) is 4.64. The Hall–Kier alpha value is -0.550. The minimum atomic E-state index is 1.01. The van der Waals surface area contributed by atoms with Crippen LogP contribution in [0.5, 0.6) is 0 Å². The molecule has 0 radical (unpaired) electrons. The van der Waals surface area contributed by atoms with Crippen molar-refractivity contribution in [2.75, 3.05) is 13.1 Å². The fourth-order valence-corrected chi connectivity index (χ4v) is 3.41. The first-order chi connectivity index (χ1) is 9.88. The van der Waals surface area contributed by atoms with E-state index in [9.17, 15) is 0 Å². The molecule has 0 aliphatic carbocycles. The van der Waals surface area contributed by atoms with Crippen LogP contribution in [0.1, 0.15) is 90.9 Å². The number of hydrogen-bond acceptors (Lipinski definition) is 1. The Morgan fingerprint density at radius 3 is 2.25 bits per heavy atom. The summed E-state index contributed by atoms with van der Waals surface area (Å²) in [6.07, 6.45) is 17.5. The molecule has 2 unspecified atom stereocenters. The highest BCUT2D eigenvalue weighted by molar-refractivity contribution is 4.61. The molecule has 0 saturated carbocycles. The average molecular weight is 280 g/mol. The number of piperidine rings is 1. The van der Waals surface area contributed by atoms with E-state index in [0.717, 1.165) is 6.04 Å². The molecule has 1 rings (SSSR count). The van der Waals surface area contributed by atoms with Crippen molar-refractivity contribution < 1.29 is 4.90 Å². The second kappa shape index (κ2) is 14.9. The minimum absolute atomic E-state index is 1.01. The molecule has 0 aromatic rings. The SMILES string of the molecule is CCCCCCCC[NH+]1CCCCC1CCCC.[C-]#N. The predicted molar refractivity (Wildman–Crippen MR) is 86.2 cm³/mol. The van der Waals surface area contributed by atoms with Crippen LogP contribution in [0.2, 0.25) is 0 Å². The molecule has 2 atom stereocenters. The molecule has 1 heterocycles. The Morgan fingerprint density at radius 2 is 1.55 bits per heavy atom. The van der Waals surface area contributed by atoms with Crippen molar-refractivity contribution in [3.8, 4) is 0 Å². The van der Waals surface area contributed by atoms with Crippen LogP contribution in [-0.4, -0.2) is 19.1 Å². The first-order valence-electron chi connectivity index (χ1n) is 8.95. The van der Waals surface area contributed by atoms with Gasteiger partial charge in [0.25, 0.3) is 0 Å². The molecule has 2 nitrogen and oxygen atoms in total. The van der Waals surface area contributed by atoms with Crippen LogP contribution in [0, 0.1) is 11.8 Å². The van der Waals surface area contributed by atoms with Gasteiger partial charge in [0, 0.05) is 0 Å². The molecule has 2 heteroatoms. The molecule has 1 aliphatic heterocycles. The van der Waals surface area contributed by atoms with Crippen LogP contribution >= 0.6 is 0 Å². The van der Waals surface area contributed by atoms with Gasteiger partial charge in [0.05, 0.1) is 19.1 Å². The molecule has 0 bridgehead atoms. The van der Waals surface area contributed by atoms with Gasteiger partial charge in [0.2, 0.25) is 0 Å². The van der Waals surface area contributed by atoms with E-state index < -0.39 is 0 Å². The third-order valence-corrected chi connectivity index (χ3v) is 4.64. The molecule has 1 saturated heterocycles. The lowest BCUT2D eigenvalue weighted by Gasteiger charge is -2.32. The highest BCUT2D eigenvalue weighted by Gasteiger charge is 2.24. The van der Waals surface area contributed by atoms with Crippen molar-refractivity contribution in [3.63, 3.8) is 0 Å². The van der Waals surface area contributed by atoms with Gasteiger partial charge in [0.15, 0.2) is 0 Å². The maximum atomic E-state index is 6.25. The van der Waals surface area contributed by atoms with Crippen molar-refractivity contribution in [3.05, 3.63) is 6.57 Å². The van der Waals surface area contributed by atoms with Gasteiger partial charge in [-0.3, -0.25) is 0 Å². The summed E-state index contributed by atoms with van der Waals surface area (Å²) in [6.45, 7) is 12.3. The largest absolute Gasteiger partial charge is 0.512 e. The van der Waals surface area contributed by atoms with Gasteiger partial charge >= 0.3 is 0 Å². The van der Waals surface area contributed by atoms with Crippen LogP contribution in [0.15, 0.2) is 0 Å². The van der Waals surface area contributed by atoms with E-state index in [2.05, 4.69) is 13.8 Å². The first-order valence-corrected chi connectivity index (χ1v) is 8.95. The van der Waals surface area contributed by atoms with Crippen LogP contribution in [-0.2, 0) is 0 Å². The van der Waals surface area contributed by atoms with Crippen molar-refractivity contribution in [2.45, 2.75) is 96.9 Å². The maximum Gasteiger partial charge on any atom is 0.0874 e. The molecular weight excluding hydrogens is 244 g/mol. The molecule has 0 aromatic carbocycles. The molecule has 0 spiro atoms. The van der Waals surface area contributed by atoms with Gasteiger partial charge in [0.1, 0.15) is 0 Å². The predicted octanol–water partition coefficient (Wildman–Crippen LogP) is 4.07. The zero-order valence-electron chi connectivity index (χ0n) is 13.9. The number of nitrogens with zero attached hydrogens (tertiary/aromatic N) is 1. The van der Waals surface area contributed by atoms with E-state index in [-0.39, 0.29) is 0 Å². The number of likely N-dealkylation sites (tertiary alicyclic amines) is 1. The summed E-state index contributed by atoms with van der Waals surface area (Å²) in [5.41, 5.74) is 0. The topological polar surface area (TPSA) is 28.2 Å². The summed E-state index contributed by atoms with van der Waals surface area (Å²) in [5.74, 6) is 0. The molecular formula is C18H36N2. The third kappa shape index (κ3) is 9.37. The first kappa shape index (κ1) is 19.4. The van der Waals surface area contributed by atoms with Crippen LogP contribution in [0.3, 0.4) is 0 Å². The van der Waals surface area contributed by atoms with E-state index in [1.807, 2.05) is 4.90 Å². The van der Waals surface area contributed by atoms with E-state index in [1.54, 1.807) is 0 Å². The standard InChI is InChI=1S/C17H35N.CN/c1-3-5-7-8-9-11-15-18-16-12-10-14-17(18)13-6-4-2;1-2/h17H,3-16H2,1-2H3;/q;-1/p+1. The Morgan fingerprint density at radius 1 is 0.900 bits per heavy atom. The Kier molecular flexibility index (Phi) is 14.4. The zero-order chi connectivity index (χ0) is 15.1. The molecule has 20 heavy (non-hydrogen) atoms. The van der Waals surface area contributed by atoms with E-state index in [0.29, 0.717) is 0 Å². The lowest BCUT2D eigenvalue weighted by atomic mass is 9.97. The number of nitrogens with one attached hydrogen (secondary N) is 1. The summed E-state index contributed by atoms with van der Waals surface area (Å²) in [5, 5.41) is 6.25. The Labute approximate surface area is 127 Å². The molecule has 1 fully saturated rings. The highest BCUT2D eigenvalue weighted by atomic mass is 15.2. The smallest absolute Gasteiger partial charge is 0.0874 e. The van der Waals surface area contributed by atoms with Gasteiger partial charge in [-0.05, 0) is 44.9 Å². The molecule has 118 valence electrons. The van der Waals surface area contributed by atoms with Crippen molar-refractivity contribution in [2.24, 2.45) is 0 Å². The normalized spacial score (nSPS) is 22.0. The van der Waals surface area contributed by atoms with Crippen molar-refractivity contribution in [1.82, 2.24) is 0 Å². The minimum Gasteiger partial charge on any atom is -0.512 e. The number of rotatable bonds is 10. The highest BCUT2D eigenvalue weighted by Crippen LogP contribution is 2.10. The van der Waals surface area contributed by atoms with Gasteiger partial charge in [-0.25, -0.2) is 0 Å². The van der Waals surface area contributed by atoms with Gasteiger partial charge in [-0.2, -0.15) is 0 Å². The maximum absolute atomic E-state index is 6.25. The van der Waals surface area contributed by atoms with Crippen molar-refractivity contribution >= 4 is 0 Å². The summed E-state index contributed by atoms with van der Waals surface area (Å²) >= 11 is 0. The molecule has 0 aromatic heterocycles. The number of hydrogen-bond donors (Lipinski definition) is 1. The van der Waals surface area contributed by atoms with Crippen LogP contribution < -0.4 is 4.90 Å². The summed E-state index contributed by atoms with van der Waals surface area (Å²) in [7, 11) is 0. The quantitative estimate of drug-likeness (QED) is 0.474. The van der Waals surface area contributed by atoms with E-state index in [1.165, 1.54) is 90.1 Å². The summed E-state index contributed by atoms with van der Waals surface area (Å²) in [6, 6.07) is 1.01. The second-order valence-corrected chi connectivity index (χ2v) is 6.26. The summed E-state index contributed by atoms with van der Waals surface area (Å²) < 4.78 is 0. The lowest BCUT2D eigenvalue weighted by molar-refractivity contribution is -0.931. The second-order valence-electron chi connectivity index (χ2n) is 6.26. The fourth-order valence-electron chi connectivity index (χ4n) is 3.41. The summed E-state index contributed by atoms with van der Waals surface area (Å²) in [4.78, 5) is 1.95. The lowest BCUT2D eigenvalue weighted by Crippen LogP contribution is -3.16. The van der Waals surface area contributed by atoms with Crippen LogP contribution in [0.4, 0.5) is 0 Å². The monoisotopic (exact) mass is 280 g/mol. The van der Waals surface area contributed by atoms with Crippen molar-refractivity contribution in [1.29, 1.82) is 5.26 Å². The number of unbranched alkanes of at least 4 members (excludes halogenated alkanes) is 6. The Balaban J connectivity index is 0.00000172. The van der Waals surface area contributed by atoms with E-state index in [4.69, 9.17) is 11.8 Å². The molecule has 1 N–H and O–H groups in total. The van der Waals surface area contributed by atoms with E-state index >= 15 is 0 Å². The Bertz CT molecular complexity index is 213. The van der Waals surface area contributed by atoms with Gasteiger partial charge in [-0.15, -0.1) is 0 Å². The van der Waals surface area contributed by atoms with Gasteiger partial charge < -0.3 is 16.7 Å². The van der Waals surface area contributed by atoms with Crippen LogP contribution in [0.25, 0.3) is 0 Å². The molecule has 0 amide bonds.